The second-order valence-corrected chi connectivity index (χ2v) is 6.26. The number of benzene rings is 1. The first kappa shape index (κ1) is 17.4. The fraction of sp³-hybridized carbons (Fsp3) is 0.421. The molecule has 1 saturated heterocycles. The van der Waals surface area contributed by atoms with E-state index in [4.69, 9.17) is 9.47 Å². The fourth-order valence-corrected chi connectivity index (χ4v) is 3.37. The number of rotatable bonds is 5. The molecule has 1 aliphatic rings. The van der Waals surface area contributed by atoms with Crippen LogP contribution in [0.15, 0.2) is 42.7 Å². The molecule has 2 atom stereocenters. The van der Waals surface area contributed by atoms with E-state index in [1.165, 1.54) is 11.8 Å². The topological polar surface area (TPSA) is 64.5 Å². The van der Waals surface area contributed by atoms with E-state index in [0.717, 1.165) is 18.6 Å². The van der Waals surface area contributed by atoms with Crippen molar-refractivity contribution in [2.45, 2.75) is 18.9 Å². The standard InChI is InChI=1S/C19H23N3O3/c1-24-17-5-3-14(4-6-17)11-16-13-22(10-8-18(16)25-2)19(23)15-7-9-20-21-12-15/h3-7,9,12,16,18H,8,10-11,13H2,1-2H3/t16-,18-/m1/s1. The van der Waals surface area contributed by atoms with E-state index in [1.54, 1.807) is 26.5 Å². The van der Waals surface area contributed by atoms with Crippen molar-refractivity contribution < 1.29 is 14.3 Å². The fourth-order valence-electron chi connectivity index (χ4n) is 3.37. The molecule has 2 aromatic rings. The molecule has 1 fully saturated rings. The molecule has 0 bridgehead atoms. The quantitative estimate of drug-likeness (QED) is 0.834. The third-order valence-electron chi connectivity index (χ3n) is 4.74. The lowest BCUT2D eigenvalue weighted by molar-refractivity contribution is -0.00301. The Kier molecular flexibility index (Phi) is 5.60. The Hall–Kier alpha value is -2.47. The molecule has 6 nitrogen and oxygen atoms in total. The number of nitrogens with zero attached hydrogens (tertiary/aromatic N) is 3. The number of aromatic nitrogens is 2. The number of carbonyl (C=O) groups excluding carboxylic acids is 1. The van der Waals surface area contributed by atoms with Crippen LogP contribution in [0.1, 0.15) is 22.3 Å². The van der Waals surface area contributed by atoms with Crippen LogP contribution in [0.2, 0.25) is 0 Å². The Balaban J connectivity index is 1.70. The molecule has 0 N–H and O–H groups in total. The van der Waals surface area contributed by atoms with Crippen LogP contribution in [-0.4, -0.2) is 54.4 Å². The number of methoxy groups -OCH3 is 2. The van der Waals surface area contributed by atoms with Crippen LogP contribution in [0.3, 0.4) is 0 Å². The van der Waals surface area contributed by atoms with Crippen molar-refractivity contribution >= 4 is 5.91 Å². The molecule has 25 heavy (non-hydrogen) atoms. The van der Waals surface area contributed by atoms with Gasteiger partial charge in [-0.25, -0.2) is 0 Å². The molecule has 1 aliphatic heterocycles. The molecule has 0 radical (unpaired) electrons. The molecule has 1 amide bonds. The second-order valence-electron chi connectivity index (χ2n) is 6.26. The maximum atomic E-state index is 12.7. The van der Waals surface area contributed by atoms with Crippen LogP contribution < -0.4 is 4.74 Å². The minimum Gasteiger partial charge on any atom is -0.497 e. The predicted octanol–water partition coefficient (Wildman–Crippen LogP) is 2.21. The van der Waals surface area contributed by atoms with E-state index in [0.29, 0.717) is 18.7 Å². The zero-order chi connectivity index (χ0) is 17.6. The van der Waals surface area contributed by atoms with Gasteiger partial charge < -0.3 is 14.4 Å². The summed E-state index contributed by atoms with van der Waals surface area (Å²) in [5.74, 6) is 1.10. The number of hydrogen-bond acceptors (Lipinski definition) is 5. The first-order valence-corrected chi connectivity index (χ1v) is 8.43. The van der Waals surface area contributed by atoms with Crippen LogP contribution in [-0.2, 0) is 11.2 Å². The average Bonchev–Trinajstić information content (AvgIpc) is 2.68. The third-order valence-corrected chi connectivity index (χ3v) is 4.74. The Morgan fingerprint density at radius 2 is 2.00 bits per heavy atom. The predicted molar refractivity (Wildman–Crippen MR) is 93.5 cm³/mol. The lowest BCUT2D eigenvalue weighted by atomic mass is 9.88. The molecule has 1 aromatic carbocycles. The third kappa shape index (κ3) is 4.14. The van der Waals surface area contributed by atoms with E-state index in [2.05, 4.69) is 22.3 Å². The maximum absolute atomic E-state index is 12.7. The van der Waals surface area contributed by atoms with Gasteiger partial charge in [0.15, 0.2) is 0 Å². The number of piperidine rings is 1. The van der Waals surface area contributed by atoms with Crippen molar-refractivity contribution in [1.29, 1.82) is 0 Å². The van der Waals surface area contributed by atoms with Gasteiger partial charge in [0, 0.05) is 26.1 Å². The van der Waals surface area contributed by atoms with Crippen molar-refractivity contribution in [2.24, 2.45) is 5.92 Å². The summed E-state index contributed by atoms with van der Waals surface area (Å²) in [7, 11) is 3.41. The molecular weight excluding hydrogens is 318 g/mol. The number of carbonyl (C=O) groups is 1. The summed E-state index contributed by atoms with van der Waals surface area (Å²) >= 11 is 0. The van der Waals surface area contributed by atoms with E-state index in [-0.39, 0.29) is 17.9 Å². The van der Waals surface area contributed by atoms with Crippen LogP contribution in [0.5, 0.6) is 5.75 Å². The Bertz CT molecular complexity index is 691. The van der Waals surface area contributed by atoms with Crippen molar-refractivity contribution in [3.63, 3.8) is 0 Å². The molecular formula is C19H23N3O3. The van der Waals surface area contributed by atoms with Gasteiger partial charge in [-0.2, -0.15) is 10.2 Å². The molecule has 1 aromatic heterocycles. The van der Waals surface area contributed by atoms with Crippen LogP contribution >= 0.6 is 0 Å². The molecule has 0 spiro atoms. The van der Waals surface area contributed by atoms with Gasteiger partial charge in [0.25, 0.3) is 5.91 Å². The smallest absolute Gasteiger partial charge is 0.255 e. The van der Waals surface area contributed by atoms with Crippen LogP contribution in [0, 0.1) is 5.92 Å². The zero-order valence-corrected chi connectivity index (χ0v) is 14.6. The molecule has 3 rings (SSSR count). The summed E-state index contributed by atoms with van der Waals surface area (Å²) in [6.07, 6.45) is 4.91. The van der Waals surface area contributed by atoms with Crippen molar-refractivity contribution in [2.75, 3.05) is 27.3 Å². The first-order chi connectivity index (χ1) is 12.2. The van der Waals surface area contributed by atoms with Gasteiger partial charge in [-0.1, -0.05) is 12.1 Å². The molecule has 132 valence electrons. The highest BCUT2D eigenvalue weighted by Crippen LogP contribution is 2.25. The summed E-state index contributed by atoms with van der Waals surface area (Å²) in [5, 5.41) is 7.53. The zero-order valence-electron chi connectivity index (χ0n) is 14.6. The average molecular weight is 341 g/mol. The van der Waals surface area contributed by atoms with Crippen LogP contribution in [0.25, 0.3) is 0 Å². The molecule has 0 unspecified atom stereocenters. The normalized spacial score (nSPS) is 20.3. The number of ether oxygens (including phenoxy) is 2. The monoisotopic (exact) mass is 341 g/mol. The number of hydrogen-bond donors (Lipinski definition) is 0. The molecule has 6 heteroatoms. The highest BCUT2D eigenvalue weighted by atomic mass is 16.5. The van der Waals surface area contributed by atoms with Crippen molar-refractivity contribution in [3.8, 4) is 5.75 Å². The number of amides is 1. The lowest BCUT2D eigenvalue weighted by Crippen LogP contribution is -2.47. The Morgan fingerprint density at radius 1 is 1.20 bits per heavy atom. The summed E-state index contributed by atoms with van der Waals surface area (Å²) in [4.78, 5) is 14.6. The van der Waals surface area contributed by atoms with Gasteiger partial charge in [-0.15, -0.1) is 0 Å². The Morgan fingerprint density at radius 3 is 2.64 bits per heavy atom. The van der Waals surface area contributed by atoms with Gasteiger partial charge >= 0.3 is 0 Å². The Labute approximate surface area is 147 Å². The SMILES string of the molecule is COc1ccc(C[C@@H]2CN(C(=O)c3ccnnc3)CC[C@H]2OC)cc1. The summed E-state index contributed by atoms with van der Waals surface area (Å²) in [6.45, 7) is 1.37. The molecule has 0 saturated carbocycles. The largest absolute Gasteiger partial charge is 0.497 e. The first-order valence-electron chi connectivity index (χ1n) is 8.43. The highest BCUT2D eigenvalue weighted by molar-refractivity contribution is 5.93. The van der Waals surface area contributed by atoms with Gasteiger partial charge in [0.2, 0.25) is 0 Å². The minimum atomic E-state index is 0.00387. The number of likely N-dealkylation sites (tertiary alicyclic amines) is 1. The van der Waals surface area contributed by atoms with Gasteiger partial charge in [-0.3, -0.25) is 4.79 Å². The lowest BCUT2D eigenvalue weighted by Gasteiger charge is -2.38. The van der Waals surface area contributed by atoms with Gasteiger partial charge in [0.1, 0.15) is 5.75 Å². The highest BCUT2D eigenvalue weighted by Gasteiger charge is 2.32. The van der Waals surface area contributed by atoms with E-state index < -0.39 is 0 Å². The summed E-state index contributed by atoms with van der Waals surface area (Å²) < 4.78 is 10.9. The summed E-state index contributed by atoms with van der Waals surface area (Å²) in [6, 6.07) is 9.77. The van der Waals surface area contributed by atoms with Crippen LogP contribution in [0.4, 0.5) is 0 Å². The molecule has 2 heterocycles. The van der Waals surface area contributed by atoms with Gasteiger partial charge in [0.05, 0.1) is 31.2 Å². The van der Waals surface area contributed by atoms with Crippen molar-refractivity contribution in [3.05, 3.63) is 53.9 Å². The molecule has 0 aliphatic carbocycles. The second kappa shape index (κ2) is 8.07. The maximum Gasteiger partial charge on any atom is 0.255 e. The van der Waals surface area contributed by atoms with E-state index in [9.17, 15) is 4.79 Å². The van der Waals surface area contributed by atoms with E-state index >= 15 is 0 Å². The summed E-state index contributed by atoms with van der Waals surface area (Å²) in [5.41, 5.74) is 1.79. The van der Waals surface area contributed by atoms with Crippen molar-refractivity contribution in [1.82, 2.24) is 15.1 Å². The van der Waals surface area contributed by atoms with E-state index in [1.807, 2.05) is 17.0 Å². The minimum absolute atomic E-state index is 0.00387. The van der Waals surface area contributed by atoms with Gasteiger partial charge in [-0.05, 0) is 36.6 Å².